The van der Waals surface area contributed by atoms with E-state index in [1.165, 1.54) is 0 Å². The molecular formula is C11H23NO3. The Morgan fingerprint density at radius 1 is 1.27 bits per heavy atom. The molecule has 0 aliphatic heterocycles. The highest BCUT2D eigenvalue weighted by atomic mass is 16.6. The number of carbonyl (C=O) groups is 1. The van der Waals surface area contributed by atoms with E-state index >= 15 is 0 Å². The number of unbranched alkanes of at least 4 members (excludes halogenated alkanes) is 1. The van der Waals surface area contributed by atoms with Gasteiger partial charge in [-0.05, 0) is 12.8 Å². The third kappa shape index (κ3) is 7.33. The Kier molecular flexibility index (Phi) is 9.52. The van der Waals surface area contributed by atoms with Gasteiger partial charge in [-0.3, -0.25) is 4.79 Å². The lowest BCUT2D eigenvalue weighted by Crippen LogP contribution is -2.26. The van der Waals surface area contributed by atoms with Gasteiger partial charge in [-0.1, -0.05) is 20.3 Å². The molecule has 90 valence electrons. The van der Waals surface area contributed by atoms with Crippen LogP contribution in [0.1, 0.15) is 33.1 Å². The first-order chi connectivity index (χ1) is 7.26. The third-order valence-corrected chi connectivity index (χ3v) is 2.22. The zero-order valence-electron chi connectivity index (χ0n) is 9.83. The van der Waals surface area contributed by atoms with Gasteiger partial charge in [-0.2, -0.15) is 0 Å². The van der Waals surface area contributed by atoms with Crippen LogP contribution in [0.25, 0.3) is 0 Å². The second-order valence-corrected chi connectivity index (χ2v) is 3.47. The van der Waals surface area contributed by atoms with E-state index in [0.29, 0.717) is 19.8 Å². The molecule has 2 N–H and O–H groups in total. The van der Waals surface area contributed by atoms with E-state index in [4.69, 9.17) is 15.2 Å². The smallest absolute Gasteiger partial charge is 0.310 e. The first-order valence-electron chi connectivity index (χ1n) is 5.70. The second-order valence-electron chi connectivity index (χ2n) is 3.47. The maximum Gasteiger partial charge on any atom is 0.310 e. The van der Waals surface area contributed by atoms with Crippen molar-refractivity contribution in [2.75, 3.05) is 26.4 Å². The summed E-state index contributed by atoms with van der Waals surface area (Å²) in [6, 6.07) is 0. The number of hydrogen-bond acceptors (Lipinski definition) is 4. The summed E-state index contributed by atoms with van der Waals surface area (Å²) < 4.78 is 10.3. The van der Waals surface area contributed by atoms with E-state index in [1.54, 1.807) is 0 Å². The number of rotatable bonds is 9. The average molecular weight is 217 g/mol. The van der Waals surface area contributed by atoms with Crippen molar-refractivity contribution in [3.8, 4) is 0 Å². The number of nitrogens with two attached hydrogens (primary N) is 1. The van der Waals surface area contributed by atoms with E-state index in [2.05, 4.69) is 6.92 Å². The monoisotopic (exact) mass is 217 g/mol. The summed E-state index contributed by atoms with van der Waals surface area (Å²) in [7, 11) is 0. The van der Waals surface area contributed by atoms with Gasteiger partial charge >= 0.3 is 5.97 Å². The Bertz CT molecular complexity index is 158. The minimum Gasteiger partial charge on any atom is -0.463 e. The minimum absolute atomic E-state index is 0.166. The molecule has 0 saturated carbocycles. The fourth-order valence-corrected chi connectivity index (χ4v) is 1.10. The van der Waals surface area contributed by atoms with Crippen molar-refractivity contribution in [1.82, 2.24) is 0 Å². The largest absolute Gasteiger partial charge is 0.463 e. The van der Waals surface area contributed by atoms with Crippen molar-refractivity contribution in [3.05, 3.63) is 0 Å². The van der Waals surface area contributed by atoms with Gasteiger partial charge in [0.2, 0.25) is 0 Å². The highest BCUT2D eigenvalue weighted by Crippen LogP contribution is 2.02. The summed E-state index contributed by atoms with van der Waals surface area (Å²) in [6.45, 7) is 5.94. The summed E-state index contributed by atoms with van der Waals surface area (Å²) in [5.41, 5.74) is 5.42. The van der Waals surface area contributed by atoms with E-state index in [-0.39, 0.29) is 11.9 Å². The summed E-state index contributed by atoms with van der Waals surface area (Å²) in [4.78, 5) is 11.3. The van der Waals surface area contributed by atoms with Crippen LogP contribution >= 0.6 is 0 Å². The third-order valence-electron chi connectivity index (χ3n) is 2.22. The first kappa shape index (κ1) is 14.4. The van der Waals surface area contributed by atoms with Gasteiger partial charge in [-0.15, -0.1) is 0 Å². The van der Waals surface area contributed by atoms with E-state index in [1.807, 2.05) is 6.92 Å². The lowest BCUT2D eigenvalue weighted by molar-refractivity contribution is -0.149. The molecule has 15 heavy (non-hydrogen) atoms. The van der Waals surface area contributed by atoms with E-state index in [9.17, 15) is 4.79 Å². The minimum atomic E-state index is -0.209. The summed E-state index contributed by atoms with van der Waals surface area (Å²) in [5, 5.41) is 0. The van der Waals surface area contributed by atoms with Crippen LogP contribution in [0, 0.1) is 5.92 Å². The van der Waals surface area contributed by atoms with Gasteiger partial charge in [0.15, 0.2) is 0 Å². The van der Waals surface area contributed by atoms with Gasteiger partial charge in [0.1, 0.15) is 6.61 Å². The van der Waals surface area contributed by atoms with Crippen LogP contribution in [0.4, 0.5) is 0 Å². The highest BCUT2D eigenvalue weighted by Gasteiger charge is 2.15. The molecule has 0 bridgehead atoms. The van der Waals surface area contributed by atoms with Crippen molar-refractivity contribution in [1.29, 1.82) is 0 Å². The van der Waals surface area contributed by atoms with Gasteiger partial charge in [-0.25, -0.2) is 0 Å². The molecule has 4 heteroatoms. The zero-order chi connectivity index (χ0) is 11.5. The molecule has 0 aromatic heterocycles. The topological polar surface area (TPSA) is 61.5 Å². The van der Waals surface area contributed by atoms with Crippen molar-refractivity contribution < 1.29 is 14.3 Å². The molecule has 1 atom stereocenters. The molecule has 0 aromatic carbocycles. The Labute approximate surface area is 92.1 Å². The summed E-state index contributed by atoms with van der Waals surface area (Å²) in [6.07, 6.45) is 2.89. The fourth-order valence-electron chi connectivity index (χ4n) is 1.10. The standard InChI is InChI=1S/C11H23NO3/c1-3-5-6-14-7-8-15-11(13)10(4-2)9-12/h10H,3-9,12H2,1-2H3. The van der Waals surface area contributed by atoms with Crippen LogP contribution < -0.4 is 5.73 Å². The lowest BCUT2D eigenvalue weighted by atomic mass is 10.1. The van der Waals surface area contributed by atoms with Gasteiger partial charge < -0.3 is 15.2 Å². The molecule has 0 fully saturated rings. The first-order valence-corrected chi connectivity index (χ1v) is 5.70. The number of carbonyl (C=O) groups excluding carboxylic acids is 1. The number of esters is 1. The predicted molar refractivity (Wildman–Crippen MR) is 59.5 cm³/mol. The zero-order valence-corrected chi connectivity index (χ0v) is 9.83. The number of ether oxygens (including phenoxy) is 2. The highest BCUT2D eigenvalue weighted by molar-refractivity contribution is 5.72. The molecule has 0 saturated heterocycles. The van der Waals surface area contributed by atoms with Gasteiger partial charge in [0.25, 0.3) is 0 Å². The molecule has 0 spiro atoms. The van der Waals surface area contributed by atoms with Gasteiger partial charge in [0, 0.05) is 13.2 Å². The van der Waals surface area contributed by atoms with Crippen molar-refractivity contribution in [2.45, 2.75) is 33.1 Å². The van der Waals surface area contributed by atoms with E-state index in [0.717, 1.165) is 25.9 Å². The van der Waals surface area contributed by atoms with Crippen LogP contribution in [-0.2, 0) is 14.3 Å². The van der Waals surface area contributed by atoms with Crippen LogP contribution in [-0.4, -0.2) is 32.3 Å². The normalized spacial score (nSPS) is 12.5. The Hall–Kier alpha value is -0.610. The Balaban J connectivity index is 3.38. The fraction of sp³-hybridized carbons (Fsp3) is 0.909. The quantitative estimate of drug-likeness (QED) is 0.467. The average Bonchev–Trinajstić information content (AvgIpc) is 2.25. The molecular weight excluding hydrogens is 194 g/mol. The predicted octanol–water partition coefficient (Wildman–Crippen LogP) is 1.33. The second kappa shape index (κ2) is 9.93. The summed E-state index contributed by atoms with van der Waals surface area (Å²) in [5.74, 6) is -0.375. The van der Waals surface area contributed by atoms with Crippen molar-refractivity contribution >= 4 is 5.97 Å². The van der Waals surface area contributed by atoms with E-state index < -0.39 is 0 Å². The Morgan fingerprint density at radius 3 is 2.53 bits per heavy atom. The molecule has 0 aromatic rings. The molecule has 0 aliphatic rings. The molecule has 0 heterocycles. The molecule has 1 unspecified atom stereocenters. The maximum atomic E-state index is 11.3. The molecule has 4 nitrogen and oxygen atoms in total. The van der Waals surface area contributed by atoms with Crippen molar-refractivity contribution in [2.24, 2.45) is 11.7 Å². The van der Waals surface area contributed by atoms with Crippen LogP contribution in [0.15, 0.2) is 0 Å². The Morgan fingerprint density at radius 2 is 2.00 bits per heavy atom. The van der Waals surface area contributed by atoms with Crippen LogP contribution in [0.3, 0.4) is 0 Å². The van der Waals surface area contributed by atoms with Crippen molar-refractivity contribution in [3.63, 3.8) is 0 Å². The maximum absolute atomic E-state index is 11.3. The SMILES string of the molecule is CCCCOCCOC(=O)C(CC)CN. The van der Waals surface area contributed by atoms with Crippen LogP contribution in [0.5, 0.6) is 0 Å². The molecule has 0 aliphatic carbocycles. The molecule has 0 amide bonds. The van der Waals surface area contributed by atoms with Crippen LogP contribution in [0.2, 0.25) is 0 Å². The molecule has 0 rings (SSSR count). The summed E-state index contributed by atoms with van der Waals surface area (Å²) >= 11 is 0. The molecule has 0 radical (unpaired) electrons. The number of hydrogen-bond donors (Lipinski definition) is 1. The van der Waals surface area contributed by atoms with Gasteiger partial charge in [0.05, 0.1) is 12.5 Å². The lowest BCUT2D eigenvalue weighted by Gasteiger charge is -2.11.